The van der Waals surface area contributed by atoms with E-state index >= 15 is 0 Å². The molecule has 7 nitrogen and oxygen atoms in total. The molecule has 118 valence electrons. The molecule has 0 N–H and O–H groups in total. The van der Waals surface area contributed by atoms with Gasteiger partial charge in [-0.05, 0) is 20.3 Å². The smallest absolute Gasteiger partial charge is 0.235 e. The molecule has 1 saturated heterocycles. The van der Waals surface area contributed by atoms with Gasteiger partial charge in [0, 0.05) is 19.6 Å². The maximum absolute atomic E-state index is 12.4. The van der Waals surface area contributed by atoms with E-state index in [2.05, 4.69) is 10.2 Å². The number of hydrogen-bond acceptors (Lipinski definition) is 6. The van der Waals surface area contributed by atoms with Crippen LogP contribution in [-0.2, 0) is 21.2 Å². The lowest BCUT2D eigenvalue weighted by Crippen LogP contribution is -2.41. The summed E-state index contributed by atoms with van der Waals surface area (Å²) in [6.07, 6.45) is 2.15. The maximum atomic E-state index is 12.4. The lowest BCUT2D eigenvalue weighted by Gasteiger charge is -2.26. The molecule has 1 aliphatic heterocycles. The van der Waals surface area contributed by atoms with Crippen molar-refractivity contribution < 1.29 is 13.2 Å². The number of rotatable bonds is 5. The standard InChI is InChI=1S/C12H20N4O3S2/c1-4-16-8-13-14-12(16)20-9(2)11(17)15(3)10-5-6-21(18,19)7-10/h8-10H,4-7H2,1-3H3/t9-,10+/m1/s1. The fourth-order valence-electron chi connectivity index (χ4n) is 2.31. The number of carbonyl (C=O) groups is 1. The molecule has 9 heteroatoms. The van der Waals surface area contributed by atoms with Gasteiger partial charge in [-0.25, -0.2) is 8.42 Å². The van der Waals surface area contributed by atoms with Crippen molar-refractivity contribution >= 4 is 27.5 Å². The highest BCUT2D eigenvalue weighted by atomic mass is 32.2. The first-order chi connectivity index (χ1) is 9.84. The van der Waals surface area contributed by atoms with E-state index in [1.807, 2.05) is 18.4 Å². The monoisotopic (exact) mass is 332 g/mol. The third-order valence-corrected chi connectivity index (χ3v) is 6.49. The van der Waals surface area contributed by atoms with Crippen molar-refractivity contribution in [1.29, 1.82) is 0 Å². The van der Waals surface area contributed by atoms with E-state index in [0.717, 1.165) is 6.54 Å². The number of carbonyl (C=O) groups excluding carboxylic acids is 1. The van der Waals surface area contributed by atoms with Crippen LogP contribution in [0.25, 0.3) is 0 Å². The molecule has 2 rings (SSSR count). The van der Waals surface area contributed by atoms with Gasteiger partial charge in [-0.1, -0.05) is 11.8 Å². The third kappa shape index (κ3) is 3.76. The van der Waals surface area contributed by atoms with Gasteiger partial charge >= 0.3 is 0 Å². The minimum atomic E-state index is -2.99. The van der Waals surface area contributed by atoms with Crippen LogP contribution in [-0.4, -0.2) is 63.8 Å². The number of amides is 1. The van der Waals surface area contributed by atoms with Gasteiger partial charge in [0.15, 0.2) is 15.0 Å². The molecule has 0 unspecified atom stereocenters. The topological polar surface area (TPSA) is 85.2 Å². The SMILES string of the molecule is CCn1cnnc1S[C@H](C)C(=O)N(C)[C@H]1CCS(=O)(=O)C1. The minimum Gasteiger partial charge on any atom is -0.341 e. The summed E-state index contributed by atoms with van der Waals surface area (Å²) < 4.78 is 24.9. The summed E-state index contributed by atoms with van der Waals surface area (Å²) in [5.41, 5.74) is 0. The molecule has 1 aromatic rings. The second kappa shape index (κ2) is 6.35. The van der Waals surface area contributed by atoms with Crippen molar-refractivity contribution in [2.45, 2.75) is 43.3 Å². The Balaban J connectivity index is 1.99. The molecule has 2 atom stereocenters. The maximum Gasteiger partial charge on any atom is 0.235 e. The van der Waals surface area contributed by atoms with Gasteiger partial charge in [0.1, 0.15) is 6.33 Å². The highest BCUT2D eigenvalue weighted by molar-refractivity contribution is 8.00. The van der Waals surface area contributed by atoms with E-state index in [1.54, 1.807) is 18.3 Å². The van der Waals surface area contributed by atoms with Gasteiger partial charge in [0.25, 0.3) is 0 Å². The van der Waals surface area contributed by atoms with Crippen LogP contribution in [0.3, 0.4) is 0 Å². The normalized spacial score (nSPS) is 22.1. The molecular weight excluding hydrogens is 312 g/mol. The van der Waals surface area contributed by atoms with Gasteiger partial charge in [-0.2, -0.15) is 0 Å². The summed E-state index contributed by atoms with van der Waals surface area (Å²) in [5.74, 6) is 0.159. The first-order valence-electron chi connectivity index (χ1n) is 6.85. The van der Waals surface area contributed by atoms with Gasteiger partial charge in [-0.15, -0.1) is 10.2 Å². The van der Waals surface area contributed by atoms with Crippen molar-refractivity contribution in [2.75, 3.05) is 18.6 Å². The Kier molecular flexibility index (Phi) is 4.92. The number of hydrogen-bond donors (Lipinski definition) is 0. The Bertz CT molecular complexity index is 614. The lowest BCUT2D eigenvalue weighted by atomic mass is 10.2. The average Bonchev–Trinajstić information content (AvgIpc) is 3.02. The zero-order chi connectivity index (χ0) is 15.6. The highest BCUT2D eigenvalue weighted by Gasteiger charge is 2.34. The zero-order valence-corrected chi connectivity index (χ0v) is 14.0. The quantitative estimate of drug-likeness (QED) is 0.727. The summed E-state index contributed by atoms with van der Waals surface area (Å²) >= 11 is 1.35. The van der Waals surface area contributed by atoms with E-state index in [1.165, 1.54) is 11.8 Å². The molecule has 0 spiro atoms. The van der Waals surface area contributed by atoms with Crippen molar-refractivity contribution in [3.63, 3.8) is 0 Å². The molecule has 21 heavy (non-hydrogen) atoms. The Labute approximate surface area is 129 Å². The van der Waals surface area contributed by atoms with Crippen LogP contribution < -0.4 is 0 Å². The first kappa shape index (κ1) is 16.3. The van der Waals surface area contributed by atoms with E-state index in [-0.39, 0.29) is 28.7 Å². The van der Waals surface area contributed by atoms with Crippen LogP contribution in [0.4, 0.5) is 0 Å². The fourth-order valence-corrected chi connectivity index (χ4v) is 5.07. The molecule has 1 fully saturated rings. The van der Waals surface area contributed by atoms with Crippen molar-refractivity contribution in [3.8, 4) is 0 Å². The molecule has 0 saturated carbocycles. The van der Waals surface area contributed by atoms with Crippen molar-refractivity contribution in [1.82, 2.24) is 19.7 Å². The van der Waals surface area contributed by atoms with Crippen LogP contribution in [0.2, 0.25) is 0 Å². The molecule has 2 heterocycles. The molecule has 0 bridgehead atoms. The molecule has 0 aromatic carbocycles. The number of aromatic nitrogens is 3. The van der Waals surface area contributed by atoms with E-state index in [9.17, 15) is 13.2 Å². The number of nitrogens with zero attached hydrogens (tertiary/aromatic N) is 4. The highest BCUT2D eigenvalue weighted by Crippen LogP contribution is 2.24. The third-order valence-electron chi connectivity index (χ3n) is 3.65. The van der Waals surface area contributed by atoms with Gasteiger partial charge in [-0.3, -0.25) is 4.79 Å². The van der Waals surface area contributed by atoms with Gasteiger partial charge in [0.2, 0.25) is 5.91 Å². The summed E-state index contributed by atoms with van der Waals surface area (Å²) in [6, 6.07) is -0.213. The Morgan fingerprint density at radius 2 is 2.33 bits per heavy atom. The van der Waals surface area contributed by atoms with Gasteiger partial charge in [0.05, 0.1) is 16.8 Å². The average molecular weight is 332 g/mol. The molecular formula is C12H20N4O3S2. The lowest BCUT2D eigenvalue weighted by molar-refractivity contribution is -0.130. The first-order valence-corrected chi connectivity index (χ1v) is 9.55. The summed E-state index contributed by atoms with van der Waals surface area (Å²) in [5, 5.41) is 8.21. The summed E-state index contributed by atoms with van der Waals surface area (Å²) in [7, 11) is -1.31. The molecule has 1 aliphatic rings. The van der Waals surface area contributed by atoms with Crippen LogP contribution in [0.15, 0.2) is 11.5 Å². The predicted octanol–water partition coefficient (Wildman–Crippen LogP) is 0.424. The molecule has 1 amide bonds. The molecule has 0 radical (unpaired) electrons. The number of aryl methyl sites for hydroxylation is 1. The van der Waals surface area contributed by atoms with E-state index < -0.39 is 9.84 Å². The summed E-state index contributed by atoms with van der Waals surface area (Å²) in [4.78, 5) is 14.0. The molecule has 1 aromatic heterocycles. The number of thioether (sulfide) groups is 1. The minimum absolute atomic E-state index is 0.0672. The Morgan fingerprint density at radius 1 is 1.62 bits per heavy atom. The second-order valence-corrected chi connectivity index (χ2v) is 8.70. The number of sulfone groups is 1. The Morgan fingerprint density at radius 3 is 2.90 bits per heavy atom. The fraction of sp³-hybridized carbons (Fsp3) is 0.750. The van der Waals surface area contributed by atoms with Crippen molar-refractivity contribution in [3.05, 3.63) is 6.33 Å². The van der Waals surface area contributed by atoms with Crippen molar-refractivity contribution in [2.24, 2.45) is 0 Å². The van der Waals surface area contributed by atoms with Crippen LogP contribution in [0.5, 0.6) is 0 Å². The van der Waals surface area contributed by atoms with E-state index in [0.29, 0.717) is 11.6 Å². The Hall–Kier alpha value is -1.09. The van der Waals surface area contributed by atoms with Crippen LogP contribution in [0, 0.1) is 0 Å². The summed E-state index contributed by atoms with van der Waals surface area (Å²) in [6.45, 7) is 4.53. The van der Waals surface area contributed by atoms with Gasteiger partial charge < -0.3 is 9.47 Å². The van der Waals surface area contributed by atoms with Crippen LogP contribution in [0.1, 0.15) is 20.3 Å². The van der Waals surface area contributed by atoms with Crippen LogP contribution >= 0.6 is 11.8 Å². The zero-order valence-electron chi connectivity index (χ0n) is 12.4. The largest absolute Gasteiger partial charge is 0.341 e. The predicted molar refractivity (Wildman–Crippen MR) is 80.8 cm³/mol. The second-order valence-electron chi connectivity index (χ2n) is 5.17. The molecule has 0 aliphatic carbocycles. The van der Waals surface area contributed by atoms with E-state index in [4.69, 9.17) is 0 Å².